The first-order valence-corrected chi connectivity index (χ1v) is 10.6. The van der Waals surface area contributed by atoms with Crippen LogP contribution in [-0.4, -0.2) is 24.5 Å². The molecule has 7 nitrogen and oxygen atoms in total. The van der Waals surface area contributed by atoms with Crippen LogP contribution in [0.3, 0.4) is 0 Å². The van der Waals surface area contributed by atoms with E-state index >= 15 is 0 Å². The third-order valence-electron chi connectivity index (χ3n) is 4.78. The van der Waals surface area contributed by atoms with Crippen LogP contribution >= 0.6 is 11.3 Å². The molecular formula is C23H19N7S. The molecule has 152 valence electrons. The zero-order valence-electron chi connectivity index (χ0n) is 16.7. The van der Waals surface area contributed by atoms with Crippen molar-refractivity contribution in [1.82, 2.24) is 24.5 Å². The molecule has 0 saturated carbocycles. The van der Waals surface area contributed by atoms with Crippen LogP contribution in [-0.2, 0) is 0 Å². The van der Waals surface area contributed by atoms with Gasteiger partial charge in [-0.2, -0.15) is 0 Å². The number of hydrogen-bond donors (Lipinski definition) is 2. The van der Waals surface area contributed by atoms with Crippen LogP contribution in [0.1, 0.15) is 5.69 Å². The van der Waals surface area contributed by atoms with E-state index in [0.717, 1.165) is 39.2 Å². The normalized spacial score (nSPS) is 10.9. The van der Waals surface area contributed by atoms with Crippen molar-refractivity contribution in [1.29, 1.82) is 0 Å². The van der Waals surface area contributed by atoms with Crippen molar-refractivity contribution >= 4 is 28.5 Å². The molecule has 1 aromatic carbocycles. The Bertz CT molecular complexity index is 1310. The Hall–Kier alpha value is -4.04. The summed E-state index contributed by atoms with van der Waals surface area (Å²) in [6, 6.07) is 15.7. The fourth-order valence-electron chi connectivity index (χ4n) is 3.20. The molecule has 0 radical (unpaired) electrons. The highest BCUT2D eigenvalue weighted by atomic mass is 32.1. The first kappa shape index (κ1) is 19.0. The van der Waals surface area contributed by atoms with E-state index < -0.39 is 0 Å². The molecule has 5 aromatic rings. The molecule has 8 heteroatoms. The SMILES string of the molecule is Cc1ccc(-n2cc(-c3nccs3)nc2-c2ccc(Nc3ncccc3N)cc2)cn1. The summed E-state index contributed by atoms with van der Waals surface area (Å²) >= 11 is 1.56. The molecule has 31 heavy (non-hydrogen) atoms. The first-order valence-electron chi connectivity index (χ1n) is 9.67. The minimum atomic E-state index is 0.599. The van der Waals surface area contributed by atoms with Crippen LogP contribution in [0.25, 0.3) is 27.8 Å². The molecule has 0 aliphatic carbocycles. The molecule has 5 rings (SSSR count). The highest BCUT2D eigenvalue weighted by molar-refractivity contribution is 7.13. The van der Waals surface area contributed by atoms with Crippen LogP contribution in [0.15, 0.2) is 78.7 Å². The first-order chi connectivity index (χ1) is 15.2. The van der Waals surface area contributed by atoms with Crippen molar-refractivity contribution in [3.63, 3.8) is 0 Å². The summed E-state index contributed by atoms with van der Waals surface area (Å²) in [6.07, 6.45) is 7.35. The van der Waals surface area contributed by atoms with Gasteiger partial charge in [0.25, 0.3) is 0 Å². The number of anilines is 3. The summed E-state index contributed by atoms with van der Waals surface area (Å²) in [4.78, 5) is 18.0. The average molecular weight is 426 g/mol. The smallest absolute Gasteiger partial charge is 0.153 e. The van der Waals surface area contributed by atoms with E-state index in [4.69, 9.17) is 10.7 Å². The lowest BCUT2D eigenvalue weighted by molar-refractivity contribution is 1.04. The van der Waals surface area contributed by atoms with Crippen LogP contribution in [0.5, 0.6) is 0 Å². The van der Waals surface area contributed by atoms with Crippen molar-refractivity contribution in [3.8, 4) is 27.8 Å². The molecule has 0 fully saturated rings. The summed E-state index contributed by atoms with van der Waals surface area (Å²) in [5.74, 6) is 1.45. The predicted molar refractivity (Wildman–Crippen MR) is 125 cm³/mol. The Morgan fingerprint density at radius 1 is 0.968 bits per heavy atom. The Balaban J connectivity index is 1.53. The second-order valence-corrected chi connectivity index (χ2v) is 7.85. The number of aryl methyl sites for hydroxylation is 1. The Morgan fingerprint density at radius 2 is 1.84 bits per heavy atom. The zero-order chi connectivity index (χ0) is 21.2. The second kappa shape index (κ2) is 8.00. The van der Waals surface area contributed by atoms with Crippen LogP contribution < -0.4 is 11.1 Å². The van der Waals surface area contributed by atoms with E-state index in [1.165, 1.54) is 0 Å². The minimum Gasteiger partial charge on any atom is -0.396 e. The van der Waals surface area contributed by atoms with Gasteiger partial charge in [-0.15, -0.1) is 11.3 Å². The molecule has 0 amide bonds. The fraction of sp³-hybridized carbons (Fsp3) is 0.0435. The van der Waals surface area contributed by atoms with E-state index in [2.05, 4.69) is 20.3 Å². The van der Waals surface area contributed by atoms with Gasteiger partial charge in [0.2, 0.25) is 0 Å². The summed E-state index contributed by atoms with van der Waals surface area (Å²) in [6.45, 7) is 1.97. The topological polar surface area (TPSA) is 94.5 Å². The minimum absolute atomic E-state index is 0.599. The molecular weight excluding hydrogens is 406 g/mol. The van der Waals surface area contributed by atoms with Gasteiger partial charge in [0.15, 0.2) is 5.82 Å². The number of aromatic nitrogens is 5. The van der Waals surface area contributed by atoms with Gasteiger partial charge >= 0.3 is 0 Å². The molecule has 3 N–H and O–H groups in total. The highest BCUT2D eigenvalue weighted by Gasteiger charge is 2.15. The molecule has 0 aliphatic rings. The fourth-order valence-corrected chi connectivity index (χ4v) is 3.79. The number of nitrogens with two attached hydrogens (primary N) is 1. The van der Waals surface area contributed by atoms with Gasteiger partial charge in [-0.3, -0.25) is 9.55 Å². The van der Waals surface area contributed by atoms with Gasteiger partial charge in [0, 0.05) is 40.9 Å². The van der Waals surface area contributed by atoms with Crippen LogP contribution in [0, 0.1) is 6.92 Å². The van der Waals surface area contributed by atoms with E-state index in [0.29, 0.717) is 11.5 Å². The third-order valence-corrected chi connectivity index (χ3v) is 5.57. The highest BCUT2D eigenvalue weighted by Crippen LogP contribution is 2.30. The number of rotatable bonds is 5. The van der Waals surface area contributed by atoms with Crippen molar-refractivity contribution in [2.24, 2.45) is 0 Å². The molecule has 0 aliphatic heterocycles. The number of nitrogens with zero attached hydrogens (tertiary/aromatic N) is 5. The number of hydrogen-bond acceptors (Lipinski definition) is 7. The quantitative estimate of drug-likeness (QED) is 0.407. The Kier molecular flexibility index (Phi) is 4.89. The van der Waals surface area contributed by atoms with Crippen molar-refractivity contribution in [2.45, 2.75) is 6.92 Å². The number of benzene rings is 1. The van der Waals surface area contributed by atoms with E-state index in [-0.39, 0.29) is 0 Å². The van der Waals surface area contributed by atoms with Crippen molar-refractivity contribution in [3.05, 3.63) is 84.4 Å². The van der Waals surface area contributed by atoms with Crippen molar-refractivity contribution < 1.29 is 0 Å². The monoisotopic (exact) mass is 425 g/mol. The lowest BCUT2D eigenvalue weighted by Gasteiger charge is -2.10. The van der Waals surface area contributed by atoms with E-state index in [1.807, 2.05) is 77.8 Å². The number of thiazole rings is 1. The summed E-state index contributed by atoms with van der Waals surface area (Å²) in [5.41, 5.74) is 11.2. The summed E-state index contributed by atoms with van der Waals surface area (Å²) in [5, 5.41) is 6.08. The average Bonchev–Trinajstić information content (AvgIpc) is 3.47. The number of nitrogen functional groups attached to an aromatic ring is 1. The maximum Gasteiger partial charge on any atom is 0.153 e. The Morgan fingerprint density at radius 3 is 2.55 bits per heavy atom. The van der Waals surface area contributed by atoms with Gasteiger partial charge in [0.1, 0.15) is 16.5 Å². The van der Waals surface area contributed by atoms with Crippen molar-refractivity contribution in [2.75, 3.05) is 11.1 Å². The number of pyridine rings is 2. The van der Waals surface area contributed by atoms with E-state index in [9.17, 15) is 0 Å². The van der Waals surface area contributed by atoms with E-state index in [1.54, 1.807) is 23.7 Å². The maximum absolute atomic E-state index is 5.98. The third kappa shape index (κ3) is 3.88. The van der Waals surface area contributed by atoms with Crippen LogP contribution in [0.2, 0.25) is 0 Å². The molecule has 4 heterocycles. The lowest BCUT2D eigenvalue weighted by Crippen LogP contribution is -1.99. The summed E-state index contributed by atoms with van der Waals surface area (Å²) < 4.78 is 2.04. The predicted octanol–water partition coefficient (Wildman–Crippen LogP) is 5.09. The number of nitrogens with one attached hydrogen (secondary N) is 1. The molecule has 0 atom stereocenters. The van der Waals surface area contributed by atoms with Gasteiger partial charge in [0.05, 0.1) is 17.6 Å². The molecule has 0 unspecified atom stereocenters. The Labute approximate surface area is 183 Å². The summed E-state index contributed by atoms with van der Waals surface area (Å²) in [7, 11) is 0. The van der Waals surface area contributed by atoms with Gasteiger partial charge < -0.3 is 11.1 Å². The van der Waals surface area contributed by atoms with Gasteiger partial charge in [-0.1, -0.05) is 0 Å². The van der Waals surface area contributed by atoms with Crippen LogP contribution in [0.4, 0.5) is 17.2 Å². The molecule has 0 spiro atoms. The molecule has 4 aromatic heterocycles. The van der Waals surface area contributed by atoms with Gasteiger partial charge in [-0.25, -0.2) is 15.0 Å². The maximum atomic E-state index is 5.98. The molecule has 0 saturated heterocycles. The van der Waals surface area contributed by atoms with Gasteiger partial charge in [-0.05, 0) is 55.5 Å². The largest absolute Gasteiger partial charge is 0.396 e. The standard InChI is InChI=1S/C23H19N7S/c1-15-4-9-18(13-27-15)30-14-20(23-26-11-12-31-23)29-22(30)16-5-7-17(8-6-16)28-21-19(24)3-2-10-25-21/h2-14H,24H2,1H3,(H,25,28). The second-order valence-electron chi connectivity index (χ2n) is 6.96. The zero-order valence-corrected chi connectivity index (χ0v) is 17.5. The lowest BCUT2D eigenvalue weighted by atomic mass is 10.2. The molecule has 0 bridgehead atoms. The number of imidazole rings is 1.